The maximum Gasteiger partial charge on any atom is 0.250 e. The van der Waals surface area contributed by atoms with E-state index < -0.39 is 0 Å². The summed E-state index contributed by atoms with van der Waals surface area (Å²) in [6.45, 7) is 8.09. The van der Waals surface area contributed by atoms with Crippen molar-refractivity contribution < 1.29 is 4.79 Å². The molecule has 0 aliphatic rings. The van der Waals surface area contributed by atoms with Crippen LogP contribution in [0.25, 0.3) is 5.70 Å². The maximum atomic E-state index is 12.0. The predicted molar refractivity (Wildman–Crippen MR) is 80.5 cm³/mol. The first-order chi connectivity index (χ1) is 9.22. The zero-order chi connectivity index (χ0) is 13.7. The topological polar surface area (TPSA) is 20.3 Å². The van der Waals surface area contributed by atoms with Crippen LogP contribution >= 0.6 is 11.3 Å². The molecule has 0 unspecified atom stereocenters. The van der Waals surface area contributed by atoms with Crippen molar-refractivity contribution in [2.45, 2.75) is 6.54 Å². The van der Waals surface area contributed by atoms with Gasteiger partial charge in [-0.25, -0.2) is 0 Å². The first-order valence-electron chi connectivity index (χ1n) is 5.93. The van der Waals surface area contributed by atoms with Gasteiger partial charge in [-0.1, -0.05) is 49.6 Å². The molecule has 19 heavy (non-hydrogen) atoms. The molecule has 96 valence electrons. The van der Waals surface area contributed by atoms with Gasteiger partial charge in [0.05, 0.1) is 17.1 Å². The molecule has 2 nitrogen and oxygen atoms in total. The highest BCUT2D eigenvalue weighted by Gasteiger charge is 2.16. The molecular formula is C16H15NOS. The highest BCUT2D eigenvalue weighted by Crippen LogP contribution is 2.24. The maximum absolute atomic E-state index is 12.0. The molecule has 1 aromatic heterocycles. The van der Waals surface area contributed by atoms with Gasteiger partial charge in [0, 0.05) is 0 Å². The van der Waals surface area contributed by atoms with Crippen molar-refractivity contribution in [2.75, 3.05) is 0 Å². The molecule has 0 saturated carbocycles. The Kier molecular flexibility index (Phi) is 4.31. The lowest BCUT2D eigenvalue weighted by atomic mass is 10.2. The number of benzene rings is 1. The van der Waals surface area contributed by atoms with Gasteiger partial charge in [0.2, 0.25) is 0 Å². The minimum absolute atomic E-state index is 0.137. The Bertz CT molecular complexity index is 572. The van der Waals surface area contributed by atoms with Crippen LogP contribution in [0.1, 0.15) is 10.4 Å². The van der Waals surface area contributed by atoms with Crippen molar-refractivity contribution >= 4 is 22.9 Å². The van der Waals surface area contributed by atoms with Gasteiger partial charge < -0.3 is 4.90 Å². The highest BCUT2D eigenvalue weighted by molar-refractivity contribution is 7.11. The fraction of sp³-hybridized carbons (Fsp3) is 0.0625. The Morgan fingerprint density at radius 2 is 1.95 bits per heavy atom. The van der Waals surface area contributed by atoms with E-state index in [0.29, 0.717) is 12.2 Å². The monoisotopic (exact) mass is 269 g/mol. The van der Waals surface area contributed by atoms with Crippen molar-refractivity contribution in [1.29, 1.82) is 0 Å². The molecule has 2 rings (SSSR count). The Morgan fingerprint density at radius 1 is 1.21 bits per heavy atom. The average Bonchev–Trinajstić information content (AvgIpc) is 2.98. The molecule has 1 amide bonds. The fourth-order valence-electron chi connectivity index (χ4n) is 1.76. The second-order valence-electron chi connectivity index (χ2n) is 4.04. The summed E-state index contributed by atoms with van der Waals surface area (Å²) in [7, 11) is 0. The lowest BCUT2D eigenvalue weighted by molar-refractivity contribution is -0.123. The van der Waals surface area contributed by atoms with Crippen LogP contribution in [0, 0.1) is 0 Å². The smallest absolute Gasteiger partial charge is 0.250 e. The molecule has 3 heteroatoms. The fourth-order valence-corrected chi connectivity index (χ4v) is 2.47. The van der Waals surface area contributed by atoms with Gasteiger partial charge in [-0.15, -0.1) is 11.3 Å². The normalized spacial score (nSPS) is 9.89. The van der Waals surface area contributed by atoms with Gasteiger partial charge in [0.25, 0.3) is 5.91 Å². The second kappa shape index (κ2) is 6.16. The van der Waals surface area contributed by atoms with E-state index in [0.717, 1.165) is 10.4 Å². The zero-order valence-electron chi connectivity index (χ0n) is 10.6. The quantitative estimate of drug-likeness (QED) is 0.753. The summed E-state index contributed by atoms with van der Waals surface area (Å²) in [5, 5.41) is 1.97. The van der Waals surface area contributed by atoms with E-state index in [1.807, 2.05) is 47.8 Å². The van der Waals surface area contributed by atoms with Crippen LogP contribution in [0.15, 0.2) is 67.1 Å². The molecule has 0 bridgehead atoms. The lowest BCUT2D eigenvalue weighted by Crippen LogP contribution is -2.26. The first-order valence-corrected chi connectivity index (χ1v) is 6.81. The van der Waals surface area contributed by atoms with Crippen molar-refractivity contribution in [3.05, 3.63) is 77.5 Å². The van der Waals surface area contributed by atoms with Gasteiger partial charge in [-0.3, -0.25) is 4.79 Å². The molecule has 1 heterocycles. The van der Waals surface area contributed by atoms with E-state index >= 15 is 0 Å². The van der Waals surface area contributed by atoms with Crippen LogP contribution in [-0.4, -0.2) is 10.8 Å². The van der Waals surface area contributed by atoms with Crippen molar-refractivity contribution in [2.24, 2.45) is 0 Å². The van der Waals surface area contributed by atoms with E-state index in [1.165, 1.54) is 6.08 Å². The van der Waals surface area contributed by atoms with E-state index in [1.54, 1.807) is 16.2 Å². The number of hydrogen-bond acceptors (Lipinski definition) is 2. The first kappa shape index (κ1) is 13.3. The average molecular weight is 269 g/mol. The van der Waals surface area contributed by atoms with Crippen LogP contribution < -0.4 is 0 Å². The summed E-state index contributed by atoms with van der Waals surface area (Å²) in [4.78, 5) is 14.6. The molecule has 0 aliphatic carbocycles. The summed E-state index contributed by atoms with van der Waals surface area (Å²) in [6, 6.07) is 13.8. The van der Waals surface area contributed by atoms with Crippen LogP contribution in [0.2, 0.25) is 0 Å². The van der Waals surface area contributed by atoms with Gasteiger partial charge in [0.1, 0.15) is 0 Å². The van der Waals surface area contributed by atoms with Crippen molar-refractivity contribution in [3.8, 4) is 0 Å². The Morgan fingerprint density at radius 3 is 2.53 bits per heavy atom. The number of thiophene rings is 1. The summed E-state index contributed by atoms with van der Waals surface area (Å²) in [5.74, 6) is -0.137. The third-order valence-corrected chi connectivity index (χ3v) is 3.67. The van der Waals surface area contributed by atoms with Gasteiger partial charge in [-0.2, -0.15) is 0 Å². The SMILES string of the molecule is C=CC(=O)N(Cc1ccccc1)C(=C)c1cccs1. The van der Waals surface area contributed by atoms with Gasteiger partial charge in [0.15, 0.2) is 0 Å². The van der Waals surface area contributed by atoms with E-state index in [-0.39, 0.29) is 5.91 Å². The van der Waals surface area contributed by atoms with Crippen LogP contribution in [-0.2, 0) is 11.3 Å². The third kappa shape index (κ3) is 3.20. The van der Waals surface area contributed by atoms with E-state index in [2.05, 4.69) is 13.2 Å². The van der Waals surface area contributed by atoms with E-state index in [4.69, 9.17) is 0 Å². The van der Waals surface area contributed by atoms with Crippen molar-refractivity contribution in [1.82, 2.24) is 4.90 Å². The molecule has 0 radical (unpaired) electrons. The lowest BCUT2D eigenvalue weighted by Gasteiger charge is -2.22. The standard InChI is InChI=1S/C16H15NOS/c1-3-16(18)17(12-14-8-5-4-6-9-14)13(2)15-10-7-11-19-15/h3-11H,1-2,12H2. The summed E-state index contributed by atoms with van der Waals surface area (Å²) in [6.07, 6.45) is 1.32. The number of carbonyl (C=O) groups is 1. The summed E-state index contributed by atoms with van der Waals surface area (Å²) in [5.41, 5.74) is 1.78. The molecule has 0 atom stereocenters. The largest absolute Gasteiger partial charge is 0.304 e. The summed E-state index contributed by atoms with van der Waals surface area (Å²) >= 11 is 1.57. The number of rotatable bonds is 5. The van der Waals surface area contributed by atoms with E-state index in [9.17, 15) is 4.79 Å². The number of amides is 1. The number of hydrogen-bond donors (Lipinski definition) is 0. The Balaban J connectivity index is 2.24. The van der Waals surface area contributed by atoms with Gasteiger partial charge >= 0.3 is 0 Å². The molecule has 0 spiro atoms. The van der Waals surface area contributed by atoms with Gasteiger partial charge in [-0.05, 0) is 23.1 Å². The number of carbonyl (C=O) groups excluding carboxylic acids is 1. The van der Waals surface area contributed by atoms with Crippen LogP contribution in [0.4, 0.5) is 0 Å². The minimum atomic E-state index is -0.137. The number of nitrogens with zero attached hydrogens (tertiary/aromatic N) is 1. The molecule has 0 saturated heterocycles. The molecule has 0 N–H and O–H groups in total. The highest BCUT2D eigenvalue weighted by atomic mass is 32.1. The Labute approximate surface area is 117 Å². The summed E-state index contributed by atoms with van der Waals surface area (Å²) < 4.78 is 0. The van der Waals surface area contributed by atoms with Crippen LogP contribution in [0.3, 0.4) is 0 Å². The molecule has 1 aromatic carbocycles. The zero-order valence-corrected chi connectivity index (χ0v) is 11.4. The Hall–Kier alpha value is -2.13. The second-order valence-corrected chi connectivity index (χ2v) is 4.99. The molecule has 0 fully saturated rings. The molecule has 0 aliphatic heterocycles. The van der Waals surface area contributed by atoms with Crippen LogP contribution in [0.5, 0.6) is 0 Å². The molecule has 2 aromatic rings. The third-order valence-electron chi connectivity index (χ3n) is 2.76. The minimum Gasteiger partial charge on any atom is -0.304 e. The molecular weight excluding hydrogens is 254 g/mol. The predicted octanol–water partition coefficient (Wildman–Crippen LogP) is 3.93. The van der Waals surface area contributed by atoms with Crippen molar-refractivity contribution in [3.63, 3.8) is 0 Å².